The van der Waals surface area contributed by atoms with E-state index < -0.39 is 4.92 Å². The van der Waals surface area contributed by atoms with Crippen molar-refractivity contribution < 1.29 is 14.5 Å². The molecule has 2 fully saturated rings. The zero-order valence-corrected chi connectivity index (χ0v) is 13.2. The van der Waals surface area contributed by atoms with Gasteiger partial charge >= 0.3 is 6.03 Å². The molecule has 0 spiro atoms. The van der Waals surface area contributed by atoms with Crippen molar-refractivity contribution in [1.82, 2.24) is 10.2 Å². The number of nitro benzene ring substituents is 1. The van der Waals surface area contributed by atoms with Gasteiger partial charge in [-0.2, -0.15) is 0 Å². The molecule has 2 aliphatic rings. The van der Waals surface area contributed by atoms with Crippen LogP contribution in [-0.2, 0) is 4.79 Å². The number of carbonyl (C=O) groups is 2. The molecular weight excluding hydrogens is 312 g/mol. The van der Waals surface area contributed by atoms with Crippen LogP contribution in [0.3, 0.4) is 0 Å². The maximum atomic E-state index is 12.4. The number of likely N-dealkylation sites (tertiary alicyclic amines) is 1. The van der Waals surface area contributed by atoms with Gasteiger partial charge in [0.15, 0.2) is 0 Å². The van der Waals surface area contributed by atoms with E-state index in [-0.39, 0.29) is 23.5 Å². The number of amides is 3. The monoisotopic (exact) mass is 332 g/mol. The molecule has 24 heavy (non-hydrogen) atoms. The van der Waals surface area contributed by atoms with Crippen molar-refractivity contribution in [2.75, 3.05) is 18.4 Å². The summed E-state index contributed by atoms with van der Waals surface area (Å²) < 4.78 is 0. The number of hydrogen-bond donors (Lipinski definition) is 2. The number of carbonyl (C=O) groups excluding carboxylic acids is 2. The predicted octanol–water partition coefficient (Wildman–Crippen LogP) is 2.12. The Morgan fingerprint density at radius 2 is 1.88 bits per heavy atom. The number of benzene rings is 1. The van der Waals surface area contributed by atoms with Crippen molar-refractivity contribution in [1.29, 1.82) is 0 Å². The van der Waals surface area contributed by atoms with Crippen molar-refractivity contribution in [3.05, 3.63) is 34.4 Å². The van der Waals surface area contributed by atoms with E-state index in [0.717, 1.165) is 25.7 Å². The Balaban J connectivity index is 1.55. The molecule has 0 bridgehead atoms. The van der Waals surface area contributed by atoms with Crippen molar-refractivity contribution in [2.24, 2.45) is 5.92 Å². The van der Waals surface area contributed by atoms with Crippen LogP contribution in [0.15, 0.2) is 24.3 Å². The van der Waals surface area contributed by atoms with Gasteiger partial charge in [0.25, 0.3) is 5.69 Å². The number of anilines is 1. The van der Waals surface area contributed by atoms with E-state index in [9.17, 15) is 19.7 Å². The first-order chi connectivity index (χ1) is 11.5. The second kappa shape index (κ2) is 6.86. The molecule has 3 rings (SSSR count). The minimum atomic E-state index is -0.483. The van der Waals surface area contributed by atoms with Crippen molar-refractivity contribution in [3.63, 3.8) is 0 Å². The maximum absolute atomic E-state index is 12.4. The average molecular weight is 332 g/mol. The van der Waals surface area contributed by atoms with Crippen LogP contribution in [0.2, 0.25) is 0 Å². The lowest BCUT2D eigenvalue weighted by molar-refractivity contribution is -0.384. The third kappa shape index (κ3) is 4.01. The van der Waals surface area contributed by atoms with E-state index in [0.29, 0.717) is 24.8 Å². The van der Waals surface area contributed by atoms with Gasteiger partial charge in [0, 0.05) is 37.0 Å². The van der Waals surface area contributed by atoms with Gasteiger partial charge < -0.3 is 15.5 Å². The summed E-state index contributed by atoms with van der Waals surface area (Å²) in [5.74, 6) is -0.424. The van der Waals surface area contributed by atoms with Gasteiger partial charge in [0.1, 0.15) is 0 Å². The van der Waals surface area contributed by atoms with Crippen LogP contribution in [0, 0.1) is 16.0 Å². The van der Waals surface area contributed by atoms with Gasteiger partial charge in [0.2, 0.25) is 5.91 Å². The van der Waals surface area contributed by atoms with E-state index >= 15 is 0 Å². The normalized spacial score (nSPS) is 20.3. The number of non-ortho nitro benzene ring substituents is 1. The maximum Gasteiger partial charge on any atom is 0.317 e. The summed E-state index contributed by atoms with van der Waals surface area (Å²) in [6.07, 6.45) is 3.58. The number of urea groups is 1. The first-order valence-electron chi connectivity index (χ1n) is 8.13. The molecule has 2 N–H and O–H groups in total. The second-order valence-electron chi connectivity index (χ2n) is 6.30. The van der Waals surface area contributed by atoms with Gasteiger partial charge in [0.05, 0.1) is 10.8 Å². The summed E-state index contributed by atoms with van der Waals surface area (Å²) >= 11 is 0. The van der Waals surface area contributed by atoms with Crippen LogP contribution in [0.5, 0.6) is 0 Å². The number of nitrogens with one attached hydrogen (secondary N) is 2. The van der Waals surface area contributed by atoms with Gasteiger partial charge in [-0.15, -0.1) is 0 Å². The van der Waals surface area contributed by atoms with Crippen LogP contribution in [-0.4, -0.2) is 40.9 Å². The van der Waals surface area contributed by atoms with E-state index in [1.807, 2.05) is 0 Å². The molecule has 1 saturated heterocycles. The van der Waals surface area contributed by atoms with E-state index in [2.05, 4.69) is 10.6 Å². The predicted molar refractivity (Wildman–Crippen MR) is 87.6 cm³/mol. The first kappa shape index (κ1) is 16.2. The van der Waals surface area contributed by atoms with Crippen LogP contribution in [0.1, 0.15) is 25.7 Å². The SMILES string of the molecule is O=C(Nc1ccc([N+](=O)[O-])cc1)C1CCCN(C(=O)NC2CC2)C1. The molecule has 1 unspecified atom stereocenters. The fourth-order valence-electron chi connectivity index (χ4n) is 2.78. The molecule has 0 radical (unpaired) electrons. The number of rotatable bonds is 4. The fourth-order valence-corrected chi connectivity index (χ4v) is 2.78. The second-order valence-corrected chi connectivity index (χ2v) is 6.30. The fraction of sp³-hybridized carbons (Fsp3) is 0.500. The number of piperidine rings is 1. The summed E-state index contributed by atoms with van der Waals surface area (Å²) in [4.78, 5) is 36.3. The number of hydrogen-bond acceptors (Lipinski definition) is 4. The summed E-state index contributed by atoms with van der Waals surface area (Å²) in [5.41, 5.74) is 0.499. The smallest absolute Gasteiger partial charge is 0.317 e. The number of nitro groups is 1. The lowest BCUT2D eigenvalue weighted by Crippen LogP contribution is -2.48. The Bertz CT molecular complexity index is 642. The Morgan fingerprint density at radius 3 is 2.50 bits per heavy atom. The molecule has 1 heterocycles. The zero-order valence-electron chi connectivity index (χ0n) is 13.2. The molecule has 8 nitrogen and oxygen atoms in total. The van der Waals surface area contributed by atoms with Gasteiger partial charge in [-0.25, -0.2) is 4.79 Å². The van der Waals surface area contributed by atoms with Crippen molar-refractivity contribution in [3.8, 4) is 0 Å². The van der Waals surface area contributed by atoms with Gasteiger partial charge in [-0.05, 0) is 37.8 Å². The highest BCUT2D eigenvalue weighted by Crippen LogP contribution is 2.22. The quantitative estimate of drug-likeness (QED) is 0.651. The van der Waals surface area contributed by atoms with E-state index in [1.165, 1.54) is 24.3 Å². The average Bonchev–Trinajstić information content (AvgIpc) is 3.39. The molecule has 1 saturated carbocycles. The zero-order chi connectivity index (χ0) is 17.1. The molecule has 0 aromatic heterocycles. The lowest BCUT2D eigenvalue weighted by Gasteiger charge is -2.32. The summed E-state index contributed by atoms with van der Waals surface area (Å²) in [7, 11) is 0. The standard InChI is InChI=1S/C16H20N4O4/c21-15(17-12-5-7-14(8-6-12)20(23)24)11-2-1-9-19(10-11)16(22)18-13-3-4-13/h5-8,11,13H,1-4,9-10H2,(H,17,21)(H,18,22). The minimum absolute atomic E-state index is 0.0198. The lowest BCUT2D eigenvalue weighted by atomic mass is 9.97. The van der Waals surface area contributed by atoms with Gasteiger partial charge in [-0.1, -0.05) is 0 Å². The molecule has 1 aliphatic carbocycles. The van der Waals surface area contributed by atoms with Gasteiger partial charge in [-0.3, -0.25) is 14.9 Å². The third-order valence-electron chi connectivity index (χ3n) is 4.33. The highest BCUT2D eigenvalue weighted by Gasteiger charge is 2.31. The molecule has 1 aromatic carbocycles. The van der Waals surface area contributed by atoms with E-state index in [1.54, 1.807) is 4.90 Å². The summed E-state index contributed by atoms with van der Waals surface area (Å²) in [5, 5.41) is 16.3. The molecule has 1 aromatic rings. The summed E-state index contributed by atoms with van der Waals surface area (Å²) in [6.45, 7) is 1.07. The Kier molecular flexibility index (Phi) is 4.64. The van der Waals surface area contributed by atoms with E-state index in [4.69, 9.17) is 0 Å². The summed E-state index contributed by atoms with van der Waals surface area (Å²) in [6, 6.07) is 5.93. The Hall–Kier alpha value is -2.64. The van der Waals surface area contributed by atoms with Crippen LogP contribution >= 0.6 is 0 Å². The third-order valence-corrected chi connectivity index (χ3v) is 4.33. The van der Waals surface area contributed by atoms with Crippen molar-refractivity contribution in [2.45, 2.75) is 31.7 Å². The topological polar surface area (TPSA) is 105 Å². The highest BCUT2D eigenvalue weighted by molar-refractivity contribution is 5.93. The minimum Gasteiger partial charge on any atom is -0.335 e. The van der Waals surface area contributed by atoms with Crippen LogP contribution in [0.4, 0.5) is 16.2 Å². The van der Waals surface area contributed by atoms with Crippen LogP contribution in [0.25, 0.3) is 0 Å². The highest BCUT2D eigenvalue weighted by atomic mass is 16.6. The largest absolute Gasteiger partial charge is 0.335 e. The molecule has 1 aliphatic heterocycles. The Morgan fingerprint density at radius 1 is 1.17 bits per heavy atom. The van der Waals surface area contributed by atoms with Crippen LogP contribution < -0.4 is 10.6 Å². The molecule has 128 valence electrons. The van der Waals surface area contributed by atoms with Crippen molar-refractivity contribution >= 4 is 23.3 Å². The number of nitrogens with zero attached hydrogens (tertiary/aromatic N) is 2. The molecule has 3 amide bonds. The molecule has 1 atom stereocenters. The Labute approximate surface area is 139 Å². The molecule has 8 heteroatoms. The first-order valence-corrected chi connectivity index (χ1v) is 8.13. The molecular formula is C16H20N4O4.